The van der Waals surface area contributed by atoms with E-state index in [0.717, 1.165) is 16.9 Å². The first-order chi connectivity index (χ1) is 13.6. The Balaban J connectivity index is 2.38. The molecular weight excluding hydrogens is 356 g/mol. The van der Waals surface area contributed by atoms with Crippen molar-refractivity contribution in [3.8, 4) is 5.75 Å². The van der Waals surface area contributed by atoms with Crippen LogP contribution in [-0.4, -0.2) is 42.1 Å². The number of rotatable bonds is 10. The van der Waals surface area contributed by atoms with Crippen molar-refractivity contribution in [3.05, 3.63) is 65.7 Å². The number of aliphatic hydroxyl groups is 1. The maximum absolute atomic E-state index is 12.9. The van der Waals surface area contributed by atoms with Crippen molar-refractivity contribution in [2.75, 3.05) is 20.3 Å². The highest BCUT2D eigenvalue weighted by Gasteiger charge is 2.30. The number of carbonyl (C=O) groups excluding carboxylic acids is 2. The van der Waals surface area contributed by atoms with Crippen LogP contribution in [0.2, 0.25) is 0 Å². The van der Waals surface area contributed by atoms with Gasteiger partial charge < -0.3 is 20.1 Å². The van der Waals surface area contributed by atoms with Gasteiger partial charge in [0, 0.05) is 19.5 Å². The van der Waals surface area contributed by atoms with Gasteiger partial charge in [-0.3, -0.25) is 9.59 Å². The number of hydrogen-bond donors (Lipinski definition) is 2. The SMILES string of the molecule is CCCC(=O)N(Cc1ccc(OC)cc1)[C@@H](C(=O)NCCO)c1ccccc1. The maximum atomic E-state index is 12.9. The number of nitrogens with one attached hydrogen (secondary N) is 1. The molecule has 2 rings (SSSR count). The summed E-state index contributed by atoms with van der Waals surface area (Å²) < 4.78 is 5.19. The van der Waals surface area contributed by atoms with E-state index in [4.69, 9.17) is 9.84 Å². The van der Waals surface area contributed by atoms with Crippen LogP contribution in [0.15, 0.2) is 54.6 Å². The van der Waals surface area contributed by atoms with Gasteiger partial charge in [-0.15, -0.1) is 0 Å². The Bertz CT molecular complexity index is 747. The predicted molar refractivity (Wildman–Crippen MR) is 108 cm³/mol. The van der Waals surface area contributed by atoms with E-state index in [9.17, 15) is 9.59 Å². The smallest absolute Gasteiger partial charge is 0.247 e. The summed E-state index contributed by atoms with van der Waals surface area (Å²) in [6.07, 6.45) is 1.05. The summed E-state index contributed by atoms with van der Waals surface area (Å²) in [6.45, 7) is 2.22. The van der Waals surface area contributed by atoms with E-state index >= 15 is 0 Å². The number of amides is 2. The van der Waals surface area contributed by atoms with E-state index in [1.165, 1.54) is 0 Å². The van der Waals surface area contributed by atoms with Crippen molar-refractivity contribution >= 4 is 11.8 Å². The number of benzene rings is 2. The lowest BCUT2D eigenvalue weighted by molar-refractivity contribution is -0.141. The van der Waals surface area contributed by atoms with Crippen molar-refractivity contribution in [1.82, 2.24) is 10.2 Å². The molecule has 0 saturated heterocycles. The molecule has 0 aliphatic rings. The van der Waals surface area contributed by atoms with E-state index in [-0.39, 0.29) is 25.0 Å². The maximum Gasteiger partial charge on any atom is 0.247 e. The van der Waals surface area contributed by atoms with Gasteiger partial charge in [0.25, 0.3) is 0 Å². The Morgan fingerprint density at radius 3 is 2.36 bits per heavy atom. The quantitative estimate of drug-likeness (QED) is 0.660. The van der Waals surface area contributed by atoms with Gasteiger partial charge in [0.15, 0.2) is 0 Å². The fourth-order valence-corrected chi connectivity index (χ4v) is 2.99. The van der Waals surface area contributed by atoms with Crippen molar-refractivity contribution < 1.29 is 19.4 Å². The van der Waals surface area contributed by atoms with E-state index in [0.29, 0.717) is 19.4 Å². The molecule has 2 amide bonds. The molecular formula is C22H28N2O4. The standard InChI is InChI=1S/C22H28N2O4/c1-3-7-20(26)24(16-17-10-12-19(28-2)13-11-17)21(22(27)23-14-15-25)18-8-5-4-6-9-18/h4-6,8-13,21,25H,3,7,14-16H2,1-2H3,(H,23,27)/t21-/m1/s1. The van der Waals surface area contributed by atoms with Crippen LogP contribution in [0.4, 0.5) is 0 Å². The molecule has 0 aliphatic heterocycles. The van der Waals surface area contributed by atoms with Gasteiger partial charge in [-0.1, -0.05) is 49.4 Å². The normalized spacial score (nSPS) is 11.5. The predicted octanol–water partition coefficient (Wildman–Crippen LogP) is 2.67. The number of nitrogens with zero attached hydrogens (tertiary/aromatic N) is 1. The van der Waals surface area contributed by atoms with E-state index in [2.05, 4.69) is 5.32 Å². The molecule has 0 aromatic heterocycles. The molecule has 6 nitrogen and oxygen atoms in total. The third-order valence-corrected chi connectivity index (χ3v) is 4.38. The summed E-state index contributed by atoms with van der Waals surface area (Å²) in [5.74, 6) is 0.333. The second-order valence-electron chi connectivity index (χ2n) is 6.45. The summed E-state index contributed by atoms with van der Waals surface area (Å²) in [6, 6.07) is 15.9. The highest BCUT2D eigenvalue weighted by atomic mass is 16.5. The van der Waals surface area contributed by atoms with Gasteiger partial charge in [0.2, 0.25) is 11.8 Å². The molecule has 0 heterocycles. The van der Waals surface area contributed by atoms with E-state index in [1.54, 1.807) is 12.0 Å². The summed E-state index contributed by atoms with van der Waals surface area (Å²) in [4.78, 5) is 27.4. The molecule has 150 valence electrons. The zero-order valence-corrected chi connectivity index (χ0v) is 16.4. The summed E-state index contributed by atoms with van der Waals surface area (Å²) >= 11 is 0. The monoisotopic (exact) mass is 384 g/mol. The molecule has 0 spiro atoms. The van der Waals surface area contributed by atoms with Crippen molar-refractivity contribution in [2.45, 2.75) is 32.4 Å². The molecule has 0 saturated carbocycles. The van der Waals surface area contributed by atoms with Gasteiger partial charge in [-0.05, 0) is 29.7 Å². The molecule has 0 bridgehead atoms. The topological polar surface area (TPSA) is 78.9 Å². The van der Waals surface area contributed by atoms with Crippen molar-refractivity contribution in [2.24, 2.45) is 0 Å². The Hall–Kier alpha value is -2.86. The lowest BCUT2D eigenvalue weighted by Gasteiger charge is -2.31. The number of aliphatic hydroxyl groups excluding tert-OH is 1. The summed E-state index contributed by atoms with van der Waals surface area (Å²) in [5.41, 5.74) is 1.64. The fraction of sp³-hybridized carbons (Fsp3) is 0.364. The first-order valence-electron chi connectivity index (χ1n) is 9.46. The number of hydrogen-bond acceptors (Lipinski definition) is 4. The second kappa shape index (κ2) is 11.1. The Morgan fingerprint density at radius 2 is 1.79 bits per heavy atom. The molecule has 1 atom stereocenters. The van der Waals surface area contributed by atoms with Gasteiger partial charge in [0.1, 0.15) is 11.8 Å². The van der Waals surface area contributed by atoms with Gasteiger partial charge in [-0.2, -0.15) is 0 Å². The van der Waals surface area contributed by atoms with Crippen LogP contribution in [0.5, 0.6) is 5.75 Å². The fourth-order valence-electron chi connectivity index (χ4n) is 2.99. The molecule has 6 heteroatoms. The molecule has 2 aromatic carbocycles. The van der Waals surface area contributed by atoms with E-state index < -0.39 is 6.04 Å². The number of carbonyl (C=O) groups is 2. The molecule has 2 N–H and O–H groups in total. The van der Waals surface area contributed by atoms with Gasteiger partial charge >= 0.3 is 0 Å². The zero-order chi connectivity index (χ0) is 20.4. The largest absolute Gasteiger partial charge is 0.497 e. The van der Waals surface area contributed by atoms with Crippen LogP contribution >= 0.6 is 0 Å². The lowest BCUT2D eigenvalue weighted by atomic mass is 10.0. The molecule has 28 heavy (non-hydrogen) atoms. The first kappa shape index (κ1) is 21.4. The Kier molecular flexibility index (Phi) is 8.49. The Labute approximate surface area is 166 Å². The van der Waals surface area contributed by atoms with Crippen LogP contribution < -0.4 is 10.1 Å². The number of ether oxygens (including phenoxy) is 1. The third kappa shape index (κ3) is 5.82. The van der Waals surface area contributed by atoms with Crippen molar-refractivity contribution in [3.63, 3.8) is 0 Å². The highest BCUT2D eigenvalue weighted by Crippen LogP contribution is 2.25. The van der Waals surface area contributed by atoms with Crippen LogP contribution in [0, 0.1) is 0 Å². The van der Waals surface area contributed by atoms with E-state index in [1.807, 2.05) is 61.5 Å². The third-order valence-electron chi connectivity index (χ3n) is 4.38. The molecule has 2 aromatic rings. The molecule has 0 fully saturated rings. The Morgan fingerprint density at radius 1 is 1.11 bits per heavy atom. The minimum absolute atomic E-state index is 0.0914. The van der Waals surface area contributed by atoms with Gasteiger partial charge in [-0.25, -0.2) is 0 Å². The lowest BCUT2D eigenvalue weighted by Crippen LogP contribution is -2.44. The molecule has 0 aliphatic carbocycles. The van der Waals surface area contributed by atoms with Crippen LogP contribution in [0.25, 0.3) is 0 Å². The van der Waals surface area contributed by atoms with Crippen LogP contribution in [0.1, 0.15) is 36.9 Å². The number of methoxy groups -OCH3 is 1. The highest BCUT2D eigenvalue weighted by molar-refractivity contribution is 5.88. The van der Waals surface area contributed by atoms with Gasteiger partial charge in [0.05, 0.1) is 13.7 Å². The van der Waals surface area contributed by atoms with Crippen LogP contribution in [0.3, 0.4) is 0 Å². The van der Waals surface area contributed by atoms with Crippen LogP contribution in [-0.2, 0) is 16.1 Å². The molecule has 0 unspecified atom stereocenters. The summed E-state index contributed by atoms with van der Waals surface area (Å²) in [5, 5.41) is 11.8. The minimum Gasteiger partial charge on any atom is -0.497 e. The van der Waals surface area contributed by atoms with Crippen molar-refractivity contribution in [1.29, 1.82) is 0 Å². The zero-order valence-electron chi connectivity index (χ0n) is 16.4. The minimum atomic E-state index is -0.770. The first-order valence-corrected chi connectivity index (χ1v) is 9.46. The summed E-state index contributed by atoms with van der Waals surface area (Å²) in [7, 11) is 1.60. The average molecular weight is 384 g/mol. The molecule has 0 radical (unpaired) electrons. The average Bonchev–Trinajstić information content (AvgIpc) is 2.73. The second-order valence-corrected chi connectivity index (χ2v) is 6.45.